The summed E-state index contributed by atoms with van der Waals surface area (Å²) in [5.41, 5.74) is 0.398. The molecule has 1 aromatic heterocycles. The molecule has 0 spiro atoms. The summed E-state index contributed by atoms with van der Waals surface area (Å²) in [5.74, 6) is -1.27. The number of carbonyl (C=O) groups is 1. The molecular weight excluding hydrogens is 209 g/mol. The van der Waals surface area contributed by atoms with E-state index >= 15 is 0 Å². The molecular formula is C9H9F3N2O. The molecule has 0 atom stereocenters. The van der Waals surface area contributed by atoms with E-state index in [4.69, 9.17) is 0 Å². The number of halogens is 3. The van der Waals surface area contributed by atoms with Crippen molar-refractivity contribution in [2.24, 2.45) is 7.05 Å². The van der Waals surface area contributed by atoms with Gasteiger partial charge in [0.15, 0.2) is 5.78 Å². The molecule has 0 bridgehead atoms. The summed E-state index contributed by atoms with van der Waals surface area (Å²) in [4.78, 5) is 14.7. The van der Waals surface area contributed by atoms with Crippen molar-refractivity contribution in [2.75, 3.05) is 0 Å². The van der Waals surface area contributed by atoms with Gasteiger partial charge in [-0.1, -0.05) is 0 Å². The van der Waals surface area contributed by atoms with Gasteiger partial charge in [-0.15, -0.1) is 0 Å². The van der Waals surface area contributed by atoms with Gasteiger partial charge in [0, 0.05) is 19.2 Å². The minimum atomic E-state index is -4.49. The summed E-state index contributed by atoms with van der Waals surface area (Å²) < 4.78 is 38.4. The maximum Gasteiger partial charge on any atom is 0.449 e. The third kappa shape index (κ3) is 1.53. The number of aromatic nitrogens is 2. The quantitative estimate of drug-likeness (QED) is 0.667. The number of carbonyl (C=O) groups excluding carboxylic acids is 1. The number of Topliss-reactive ketones (excluding diaryl/α,β-unsaturated/α-hetero) is 1. The predicted molar refractivity (Wildman–Crippen MR) is 45.5 cm³/mol. The zero-order chi connectivity index (χ0) is 11.2. The smallest absolute Gasteiger partial charge is 0.327 e. The standard InChI is InChI=1S/C9H9F3N2O/c1-14-5-3-2-4-6(15)7(5)13-8(14)9(10,11)12/h2-4H2,1H3. The summed E-state index contributed by atoms with van der Waals surface area (Å²) in [6.45, 7) is 0. The molecule has 1 aliphatic carbocycles. The van der Waals surface area contributed by atoms with Crippen molar-refractivity contribution in [3.63, 3.8) is 0 Å². The fraction of sp³-hybridized carbons (Fsp3) is 0.556. The Labute approximate surface area is 83.9 Å². The molecule has 3 nitrogen and oxygen atoms in total. The van der Waals surface area contributed by atoms with E-state index in [0.717, 1.165) is 4.57 Å². The molecule has 6 heteroatoms. The van der Waals surface area contributed by atoms with Gasteiger partial charge in [0.05, 0.1) is 0 Å². The normalized spacial score (nSPS) is 16.7. The monoisotopic (exact) mass is 218 g/mol. The second-order valence-electron chi connectivity index (χ2n) is 3.56. The van der Waals surface area contributed by atoms with E-state index < -0.39 is 12.0 Å². The number of hydrogen-bond acceptors (Lipinski definition) is 2. The van der Waals surface area contributed by atoms with Crippen LogP contribution in [0.4, 0.5) is 13.2 Å². The van der Waals surface area contributed by atoms with Gasteiger partial charge in [0.2, 0.25) is 5.82 Å². The van der Waals surface area contributed by atoms with Crippen LogP contribution in [0.25, 0.3) is 0 Å². The predicted octanol–water partition coefficient (Wildman–Crippen LogP) is 1.96. The summed E-state index contributed by atoms with van der Waals surface area (Å²) in [6.07, 6.45) is -3.11. The number of fused-ring (bicyclic) bond motifs is 1. The number of rotatable bonds is 0. The zero-order valence-electron chi connectivity index (χ0n) is 8.06. The highest BCUT2D eigenvalue weighted by Gasteiger charge is 2.39. The topological polar surface area (TPSA) is 34.9 Å². The SMILES string of the molecule is Cn1c(C(F)(F)F)nc2c1CCCC2=O. The van der Waals surface area contributed by atoms with Crippen molar-refractivity contribution < 1.29 is 18.0 Å². The Morgan fingerprint density at radius 2 is 2.00 bits per heavy atom. The van der Waals surface area contributed by atoms with E-state index in [9.17, 15) is 18.0 Å². The highest BCUT2D eigenvalue weighted by molar-refractivity contribution is 5.96. The Morgan fingerprint density at radius 3 is 2.53 bits per heavy atom. The van der Waals surface area contributed by atoms with Crippen molar-refractivity contribution in [1.29, 1.82) is 0 Å². The minimum absolute atomic E-state index is 0.00363. The molecule has 0 amide bonds. The maximum absolute atomic E-state index is 12.5. The molecule has 82 valence electrons. The molecule has 0 N–H and O–H groups in total. The molecule has 0 aliphatic heterocycles. The van der Waals surface area contributed by atoms with Gasteiger partial charge in [-0.2, -0.15) is 13.2 Å². The number of imidazole rings is 1. The summed E-state index contributed by atoms with van der Waals surface area (Å²) in [5, 5.41) is 0. The number of alkyl halides is 3. The van der Waals surface area contributed by atoms with Crippen LogP contribution in [-0.2, 0) is 19.6 Å². The maximum atomic E-state index is 12.5. The number of nitrogens with zero attached hydrogens (tertiary/aromatic N) is 2. The fourth-order valence-electron chi connectivity index (χ4n) is 1.83. The van der Waals surface area contributed by atoms with Gasteiger partial charge < -0.3 is 4.57 Å². The van der Waals surface area contributed by atoms with Gasteiger partial charge in [-0.05, 0) is 12.8 Å². The lowest BCUT2D eigenvalue weighted by Gasteiger charge is -2.11. The van der Waals surface area contributed by atoms with Crippen LogP contribution in [0, 0.1) is 0 Å². The molecule has 1 aliphatic rings. The highest BCUT2D eigenvalue weighted by atomic mass is 19.4. The van der Waals surface area contributed by atoms with Crippen molar-refractivity contribution >= 4 is 5.78 Å². The van der Waals surface area contributed by atoms with Gasteiger partial charge >= 0.3 is 6.18 Å². The van der Waals surface area contributed by atoms with Gasteiger partial charge in [0.25, 0.3) is 0 Å². The minimum Gasteiger partial charge on any atom is -0.327 e. The van der Waals surface area contributed by atoms with Gasteiger partial charge in [-0.25, -0.2) is 4.98 Å². The van der Waals surface area contributed by atoms with E-state index in [2.05, 4.69) is 4.98 Å². The van der Waals surface area contributed by atoms with Crippen LogP contribution in [0.15, 0.2) is 0 Å². The molecule has 0 fully saturated rings. The first-order valence-electron chi connectivity index (χ1n) is 4.57. The second kappa shape index (κ2) is 3.08. The Kier molecular flexibility index (Phi) is 2.09. The molecule has 2 rings (SSSR count). The summed E-state index contributed by atoms with van der Waals surface area (Å²) >= 11 is 0. The molecule has 15 heavy (non-hydrogen) atoms. The molecule has 0 unspecified atom stereocenters. The largest absolute Gasteiger partial charge is 0.449 e. The number of ketones is 1. The first-order valence-corrected chi connectivity index (χ1v) is 4.57. The molecule has 0 aromatic carbocycles. The van der Waals surface area contributed by atoms with Crippen LogP contribution in [0.5, 0.6) is 0 Å². The Bertz CT molecular complexity index is 420. The summed E-state index contributed by atoms with van der Waals surface area (Å²) in [6, 6.07) is 0. The molecule has 0 saturated carbocycles. The highest BCUT2D eigenvalue weighted by Crippen LogP contribution is 2.31. The van der Waals surface area contributed by atoms with Gasteiger partial charge in [-0.3, -0.25) is 4.79 Å². The van der Waals surface area contributed by atoms with E-state index in [1.807, 2.05) is 0 Å². The van der Waals surface area contributed by atoms with E-state index in [0.29, 0.717) is 25.0 Å². The van der Waals surface area contributed by atoms with Crippen LogP contribution in [0.1, 0.15) is 34.8 Å². The average molecular weight is 218 g/mol. The van der Waals surface area contributed by atoms with E-state index in [-0.39, 0.29) is 11.5 Å². The second-order valence-corrected chi connectivity index (χ2v) is 3.56. The Balaban J connectivity index is 2.58. The van der Waals surface area contributed by atoms with Crippen LogP contribution < -0.4 is 0 Å². The third-order valence-corrected chi connectivity index (χ3v) is 2.55. The van der Waals surface area contributed by atoms with Crippen molar-refractivity contribution in [1.82, 2.24) is 9.55 Å². The van der Waals surface area contributed by atoms with E-state index in [1.165, 1.54) is 7.05 Å². The molecule has 0 radical (unpaired) electrons. The van der Waals surface area contributed by atoms with Crippen LogP contribution in [-0.4, -0.2) is 15.3 Å². The third-order valence-electron chi connectivity index (χ3n) is 2.55. The van der Waals surface area contributed by atoms with E-state index in [1.54, 1.807) is 0 Å². The lowest BCUT2D eigenvalue weighted by molar-refractivity contribution is -0.146. The molecule has 0 saturated heterocycles. The Morgan fingerprint density at radius 1 is 1.33 bits per heavy atom. The fourth-order valence-corrected chi connectivity index (χ4v) is 1.83. The first kappa shape index (κ1) is 10.2. The van der Waals surface area contributed by atoms with Crippen LogP contribution in [0.2, 0.25) is 0 Å². The Hall–Kier alpha value is -1.33. The lowest BCUT2D eigenvalue weighted by atomic mass is 10.00. The lowest BCUT2D eigenvalue weighted by Crippen LogP contribution is -2.14. The average Bonchev–Trinajstić information content (AvgIpc) is 2.45. The van der Waals surface area contributed by atoms with Crippen molar-refractivity contribution in [2.45, 2.75) is 25.4 Å². The summed E-state index contributed by atoms with van der Waals surface area (Å²) in [7, 11) is 1.30. The van der Waals surface area contributed by atoms with Crippen LogP contribution >= 0.6 is 0 Å². The van der Waals surface area contributed by atoms with Crippen LogP contribution in [0.3, 0.4) is 0 Å². The number of hydrogen-bond donors (Lipinski definition) is 0. The molecule has 1 aromatic rings. The van der Waals surface area contributed by atoms with Crippen molar-refractivity contribution in [3.8, 4) is 0 Å². The zero-order valence-corrected chi connectivity index (χ0v) is 8.06. The molecule has 1 heterocycles. The van der Waals surface area contributed by atoms with Gasteiger partial charge in [0.1, 0.15) is 5.69 Å². The van der Waals surface area contributed by atoms with Crippen molar-refractivity contribution in [3.05, 3.63) is 17.2 Å². The first-order chi connectivity index (χ1) is 6.91.